The normalized spacial score (nSPS) is 9.00. The molecule has 0 aromatic rings. The Labute approximate surface area is 53.6 Å². The maximum Gasteiger partial charge on any atom is 0.335 e. The fourth-order valence-electron chi connectivity index (χ4n) is 0.199. The summed E-state index contributed by atoms with van der Waals surface area (Å²) in [4.78, 5) is 10.2. The van der Waals surface area contributed by atoms with E-state index in [1.54, 1.807) is 0 Å². The van der Waals surface area contributed by atoms with Gasteiger partial charge >= 0.3 is 5.97 Å². The van der Waals surface area contributed by atoms with Gasteiger partial charge in [0.05, 0.1) is 7.11 Å². The first-order valence-electron chi connectivity index (χ1n) is 2.32. The lowest BCUT2D eigenvalue weighted by Gasteiger charge is -1.89. The molecule has 0 N–H and O–H groups in total. The molecule has 0 unspecified atom stereocenters. The quantitative estimate of drug-likeness (QED) is 0.321. The molecule has 0 heterocycles. The van der Waals surface area contributed by atoms with Crippen molar-refractivity contribution >= 4 is 5.97 Å². The van der Waals surface area contributed by atoms with Gasteiger partial charge in [0, 0.05) is 6.08 Å². The Kier molecular flexibility index (Phi) is 4.22. The summed E-state index contributed by atoms with van der Waals surface area (Å²) < 4.78 is 8.81. The Morgan fingerprint density at radius 1 is 1.56 bits per heavy atom. The van der Waals surface area contributed by atoms with Crippen molar-refractivity contribution in [1.29, 1.82) is 0 Å². The minimum Gasteiger partial charge on any atom is -0.501 e. The molecule has 0 aliphatic heterocycles. The fourth-order valence-corrected chi connectivity index (χ4v) is 0.199. The van der Waals surface area contributed by atoms with E-state index in [1.807, 2.05) is 0 Å². The van der Waals surface area contributed by atoms with E-state index >= 15 is 0 Å². The lowest BCUT2D eigenvalue weighted by molar-refractivity contribution is -0.132. The van der Waals surface area contributed by atoms with Crippen LogP contribution in [0.3, 0.4) is 0 Å². The van der Waals surface area contributed by atoms with Crippen molar-refractivity contribution in [2.45, 2.75) is 0 Å². The lowest BCUT2D eigenvalue weighted by atomic mass is 10.7. The lowest BCUT2D eigenvalue weighted by Crippen LogP contribution is -1.91. The molecule has 0 aliphatic carbocycles. The zero-order valence-corrected chi connectivity index (χ0v) is 5.16. The van der Waals surface area contributed by atoms with Gasteiger partial charge in [0.25, 0.3) is 0 Å². The number of rotatable bonds is 3. The molecule has 3 nitrogen and oxygen atoms in total. The monoisotopic (exact) mass is 128 g/mol. The van der Waals surface area contributed by atoms with Crippen LogP contribution in [0, 0.1) is 0 Å². The van der Waals surface area contributed by atoms with Crippen LogP contribution in [0.2, 0.25) is 0 Å². The first-order valence-corrected chi connectivity index (χ1v) is 2.32. The number of carbonyl (C=O) groups is 1. The van der Waals surface area contributed by atoms with Crippen molar-refractivity contribution in [1.82, 2.24) is 0 Å². The van der Waals surface area contributed by atoms with Gasteiger partial charge in [-0.1, -0.05) is 6.58 Å². The fraction of sp³-hybridized carbons (Fsp3) is 0.167. The third-order valence-corrected chi connectivity index (χ3v) is 0.543. The molecule has 0 saturated carbocycles. The molecule has 0 atom stereocenters. The van der Waals surface area contributed by atoms with Crippen LogP contribution in [0.4, 0.5) is 0 Å². The number of hydrogen-bond acceptors (Lipinski definition) is 3. The van der Waals surface area contributed by atoms with Gasteiger partial charge in [-0.2, -0.15) is 0 Å². The van der Waals surface area contributed by atoms with Gasteiger partial charge in [-0.05, 0) is 0 Å². The number of carbonyl (C=O) groups excluding carboxylic acids is 1. The Morgan fingerprint density at radius 3 is 2.67 bits per heavy atom. The van der Waals surface area contributed by atoms with E-state index in [2.05, 4.69) is 16.1 Å². The first kappa shape index (κ1) is 7.75. The van der Waals surface area contributed by atoms with Gasteiger partial charge in [0.1, 0.15) is 12.5 Å². The molecule has 0 amide bonds. The Balaban J connectivity index is 3.37. The Bertz CT molecular complexity index is 126. The van der Waals surface area contributed by atoms with Crippen molar-refractivity contribution in [2.24, 2.45) is 0 Å². The number of methoxy groups -OCH3 is 1. The molecule has 0 bridgehead atoms. The smallest absolute Gasteiger partial charge is 0.335 e. The summed E-state index contributed by atoms with van der Waals surface area (Å²) in [6.07, 6.45) is 3.46. The standard InChI is InChI=1S/C6H8O3/c1-3-6(7)9-5-4-8-2/h3-5H,1H2,2H3. The second-order valence-corrected chi connectivity index (χ2v) is 1.15. The second kappa shape index (κ2) is 4.90. The molecule has 3 heteroatoms. The highest BCUT2D eigenvalue weighted by Gasteiger charge is 1.86. The molecule has 0 spiro atoms. The molecule has 0 fully saturated rings. The molecule has 50 valence electrons. The van der Waals surface area contributed by atoms with Crippen LogP contribution in [-0.4, -0.2) is 13.1 Å². The van der Waals surface area contributed by atoms with E-state index < -0.39 is 5.97 Å². The van der Waals surface area contributed by atoms with Crippen LogP contribution in [-0.2, 0) is 14.3 Å². The van der Waals surface area contributed by atoms with Crippen molar-refractivity contribution in [3.63, 3.8) is 0 Å². The summed E-state index contributed by atoms with van der Waals surface area (Å²) in [5.41, 5.74) is 0. The zero-order valence-electron chi connectivity index (χ0n) is 5.16. The summed E-state index contributed by atoms with van der Waals surface area (Å²) in [5.74, 6) is -0.497. The van der Waals surface area contributed by atoms with Crippen molar-refractivity contribution in [3.05, 3.63) is 25.2 Å². The van der Waals surface area contributed by atoms with Gasteiger partial charge in [0.2, 0.25) is 0 Å². The van der Waals surface area contributed by atoms with E-state index in [4.69, 9.17) is 0 Å². The molecule has 0 radical (unpaired) electrons. The second-order valence-electron chi connectivity index (χ2n) is 1.15. The highest BCUT2D eigenvalue weighted by molar-refractivity contribution is 5.81. The minimum absolute atomic E-state index is 0.497. The van der Waals surface area contributed by atoms with Gasteiger partial charge < -0.3 is 9.47 Å². The summed E-state index contributed by atoms with van der Waals surface area (Å²) in [5, 5.41) is 0. The molecular formula is C6H8O3. The summed E-state index contributed by atoms with van der Waals surface area (Å²) >= 11 is 0. The van der Waals surface area contributed by atoms with E-state index in [9.17, 15) is 4.79 Å². The van der Waals surface area contributed by atoms with Crippen molar-refractivity contribution in [3.8, 4) is 0 Å². The highest BCUT2D eigenvalue weighted by atomic mass is 16.5. The Hall–Kier alpha value is -1.25. The highest BCUT2D eigenvalue weighted by Crippen LogP contribution is 1.80. The number of hydrogen-bond donors (Lipinski definition) is 0. The maximum absolute atomic E-state index is 10.2. The molecule has 9 heavy (non-hydrogen) atoms. The van der Waals surface area contributed by atoms with Gasteiger partial charge in [-0.15, -0.1) is 0 Å². The minimum atomic E-state index is -0.497. The van der Waals surface area contributed by atoms with Crippen LogP contribution in [0.1, 0.15) is 0 Å². The van der Waals surface area contributed by atoms with E-state index in [0.717, 1.165) is 12.3 Å². The third-order valence-electron chi connectivity index (χ3n) is 0.543. The summed E-state index contributed by atoms with van der Waals surface area (Å²) in [6.45, 7) is 3.19. The van der Waals surface area contributed by atoms with E-state index in [0.29, 0.717) is 0 Å². The average Bonchev–Trinajstić information content (AvgIpc) is 1.89. The topological polar surface area (TPSA) is 35.5 Å². The maximum atomic E-state index is 10.2. The zero-order chi connectivity index (χ0) is 7.11. The van der Waals surface area contributed by atoms with Gasteiger partial charge in [0.15, 0.2) is 0 Å². The SMILES string of the molecule is C=CC(=O)OC=COC. The molecule has 0 saturated heterocycles. The Morgan fingerprint density at radius 2 is 2.22 bits per heavy atom. The molecule has 0 aliphatic rings. The van der Waals surface area contributed by atoms with Crippen LogP contribution in [0.5, 0.6) is 0 Å². The predicted molar refractivity (Wildman–Crippen MR) is 32.4 cm³/mol. The van der Waals surface area contributed by atoms with Crippen LogP contribution >= 0.6 is 0 Å². The number of ether oxygens (including phenoxy) is 2. The van der Waals surface area contributed by atoms with Crippen molar-refractivity contribution in [2.75, 3.05) is 7.11 Å². The summed E-state index contributed by atoms with van der Waals surface area (Å²) in [7, 11) is 1.46. The number of esters is 1. The average molecular weight is 128 g/mol. The van der Waals surface area contributed by atoms with Crippen molar-refractivity contribution < 1.29 is 14.3 Å². The predicted octanol–water partition coefficient (Wildman–Crippen LogP) is 0.833. The first-order chi connectivity index (χ1) is 4.31. The summed E-state index contributed by atoms with van der Waals surface area (Å²) in [6, 6.07) is 0. The third kappa shape index (κ3) is 4.61. The molecular weight excluding hydrogens is 120 g/mol. The van der Waals surface area contributed by atoms with E-state index in [1.165, 1.54) is 13.4 Å². The van der Waals surface area contributed by atoms with Crippen LogP contribution in [0.15, 0.2) is 25.2 Å². The van der Waals surface area contributed by atoms with Gasteiger partial charge in [-0.3, -0.25) is 0 Å². The van der Waals surface area contributed by atoms with Crippen LogP contribution in [0.25, 0.3) is 0 Å². The van der Waals surface area contributed by atoms with E-state index in [-0.39, 0.29) is 0 Å². The van der Waals surface area contributed by atoms with Crippen LogP contribution < -0.4 is 0 Å². The molecule has 0 rings (SSSR count). The largest absolute Gasteiger partial charge is 0.501 e. The van der Waals surface area contributed by atoms with Gasteiger partial charge in [-0.25, -0.2) is 4.79 Å². The molecule has 0 aromatic carbocycles. The molecule has 0 aromatic heterocycles.